The summed E-state index contributed by atoms with van der Waals surface area (Å²) >= 11 is 10.0. The first-order valence-corrected chi connectivity index (χ1v) is 11.7. The second kappa shape index (κ2) is 10.6. The Labute approximate surface area is 213 Å². The van der Waals surface area contributed by atoms with E-state index in [2.05, 4.69) is 32.1 Å². The molecule has 1 heterocycles. The predicted molar refractivity (Wildman–Crippen MR) is 138 cm³/mol. The van der Waals surface area contributed by atoms with Crippen LogP contribution < -0.4 is 20.7 Å². The highest BCUT2D eigenvalue weighted by Crippen LogP contribution is 2.42. The van der Waals surface area contributed by atoms with Crippen LogP contribution in [0.25, 0.3) is 10.9 Å². The molecule has 0 aliphatic heterocycles. The van der Waals surface area contributed by atoms with Gasteiger partial charge in [0.2, 0.25) is 0 Å². The molecule has 1 N–H and O–H groups in total. The highest BCUT2D eigenvalue weighted by molar-refractivity contribution is 9.10. The minimum atomic E-state index is -0.673. The number of aromatic nitrogens is 2. The van der Waals surface area contributed by atoms with E-state index in [1.807, 2.05) is 13.0 Å². The summed E-state index contributed by atoms with van der Waals surface area (Å²) in [7, 11) is 0. The zero-order valence-electron chi connectivity index (χ0n) is 18.4. The lowest BCUT2D eigenvalue weighted by atomic mass is 10.1. The molecular weight excluding hydrogens is 536 g/mol. The number of benzene rings is 3. The van der Waals surface area contributed by atoms with Crippen LogP contribution in [-0.2, 0) is 6.61 Å². The number of nitriles is 1. The molecule has 0 amide bonds. The number of rotatable bonds is 7. The van der Waals surface area contributed by atoms with Crippen LogP contribution in [0, 0.1) is 11.3 Å². The first kappa shape index (κ1) is 24.3. The van der Waals surface area contributed by atoms with Crippen molar-refractivity contribution in [1.82, 2.24) is 9.66 Å². The number of fused-ring (bicyclic) bond motifs is 1. The second-order valence-corrected chi connectivity index (χ2v) is 8.42. The average molecular weight is 554 g/mol. The summed E-state index contributed by atoms with van der Waals surface area (Å²) < 4.78 is 12.8. The maximum atomic E-state index is 12.7. The second-order valence-electron chi connectivity index (χ2n) is 7.25. The Morgan fingerprint density at radius 3 is 2.69 bits per heavy atom. The molecule has 0 saturated heterocycles. The van der Waals surface area contributed by atoms with Crippen LogP contribution in [0.4, 0.5) is 0 Å². The summed E-state index contributed by atoms with van der Waals surface area (Å²) in [5.74, 6) is 0.627. The fourth-order valence-corrected chi connectivity index (χ4v) is 4.03. The van der Waals surface area contributed by atoms with Gasteiger partial charge in [-0.2, -0.15) is 10.4 Å². The van der Waals surface area contributed by atoms with Crippen molar-refractivity contribution in [1.29, 1.82) is 5.26 Å². The van der Waals surface area contributed by atoms with Crippen molar-refractivity contribution in [3.05, 3.63) is 102 Å². The summed E-state index contributed by atoms with van der Waals surface area (Å²) in [5.41, 5.74) is 0.858. The van der Waals surface area contributed by atoms with Crippen molar-refractivity contribution in [3.8, 4) is 17.6 Å². The van der Waals surface area contributed by atoms with E-state index in [0.29, 0.717) is 44.4 Å². The van der Waals surface area contributed by atoms with Gasteiger partial charge in [0.1, 0.15) is 11.6 Å². The summed E-state index contributed by atoms with van der Waals surface area (Å²) in [4.78, 5) is 27.8. The van der Waals surface area contributed by atoms with E-state index in [9.17, 15) is 14.9 Å². The van der Waals surface area contributed by atoms with Gasteiger partial charge in [0, 0.05) is 15.6 Å². The first-order chi connectivity index (χ1) is 16.9. The number of aromatic amines is 1. The smallest absolute Gasteiger partial charge is 0.349 e. The minimum absolute atomic E-state index is 0.102. The van der Waals surface area contributed by atoms with Crippen LogP contribution in [0.2, 0.25) is 5.02 Å². The molecule has 1 aromatic heterocycles. The first-order valence-electron chi connectivity index (χ1n) is 10.5. The molecule has 4 rings (SSSR count). The fourth-order valence-electron chi connectivity index (χ4n) is 3.38. The van der Waals surface area contributed by atoms with Gasteiger partial charge in [-0.25, -0.2) is 4.79 Å². The highest BCUT2D eigenvalue weighted by atomic mass is 79.9. The van der Waals surface area contributed by atoms with Gasteiger partial charge in [-0.3, -0.25) is 4.79 Å². The molecule has 0 spiro atoms. The molecular formula is C25H18BrClN4O4. The number of para-hydroxylation sites is 1. The lowest BCUT2D eigenvalue weighted by Gasteiger charge is -2.16. The van der Waals surface area contributed by atoms with Gasteiger partial charge in [-0.15, -0.1) is 4.68 Å². The summed E-state index contributed by atoms with van der Waals surface area (Å²) in [6.45, 7) is 2.25. The largest absolute Gasteiger partial charge is 0.490 e. The average Bonchev–Trinajstić information content (AvgIpc) is 2.86. The van der Waals surface area contributed by atoms with Gasteiger partial charge >= 0.3 is 5.69 Å². The van der Waals surface area contributed by atoms with Gasteiger partial charge in [-0.05, 0) is 47.1 Å². The number of ether oxygens (including phenoxy) is 2. The van der Waals surface area contributed by atoms with E-state index in [4.69, 9.17) is 21.1 Å². The lowest BCUT2D eigenvalue weighted by Crippen LogP contribution is -2.32. The van der Waals surface area contributed by atoms with Crippen molar-refractivity contribution in [2.75, 3.05) is 6.61 Å². The lowest BCUT2D eigenvalue weighted by molar-refractivity contribution is 0.269. The van der Waals surface area contributed by atoms with Crippen LogP contribution in [0.15, 0.2) is 73.8 Å². The zero-order chi connectivity index (χ0) is 24.9. The number of hydrogen-bond acceptors (Lipinski definition) is 6. The molecule has 0 fully saturated rings. The molecule has 0 aliphatic rings. The fraction of sp³-hybridized carbons (Fsp3) is 0.120. The van der Waals surface area contributed by atoms with E-state index in [0.717, 1.165) is 4.68 Å². The molecule has 0 bridgehead atoms. The monoisotopic (exact) mass is 552 g/mol. The predicted octanol–water partition coefficient (Wildman–Crippen LogP) is 4.84. The Morgan fingerprint density at radius 2 is 1.91 bits per heavy atom. The normalized spacial score (nSPS) is 11.0. The van der Waals surface area contributed by atoms with Crippen molar-refractivity contribution >= 4 is 44.6 Å². The van der Waals surface area contributed by atoms with Gasteiger partial charge in [0.25, 0.3) is 5.56 Å². The molecule has 4 aromatic rings. The van der Waals surface area contributed by atoms with Crippen LogP contribution in [-0.4, -0.2) is 22.5 Å². The summed E-state index contributed by atoms with van der Waals surface area (Å²) in [6, 6.07) is 17.5. The van der Waals surface area contributed by atoms with Gasteiger partial charge < -0.3 is 14.5 Å². The Balaban J connectivity index is 1.72. The maximum Gasteiger partial charge on any atom is 0.349 e. The van der Waals surface area contributed by atoms with Crippen LogP contribution >= 0.6 is 27.5 Å². The number of H-pyrrole nitrogens is 1. The number of halogens is 2. The molecule has 0 saturated carbocycles. The maximum absolute atomic E-state index is 12.7. The van der Waals surface area contributed by atoms with Crippen molar-refractivity contribution in [3.63, 3.8) is 0 Å². The van der Waals surface area contributed by atoms with Crippen LogP contribution in [0.3, 0.4) is 0 Å². The van der Waals surface area contributed by atoms with E-state index < -0.39 is 11.2 Å². The van der Waals surface area contributed by atoms with E-state index in [1.165, 1.54) is 6.21 Å². The molecule has 176 valence electrons. The van der Waals surface area contributed by atoms with E-state index in [-0.39, 0.29) is 17.4 Å². The number of nitrogens with one attached hydrogen (secondary N) is 1. The van der Waals surface area contributed by atoms with Crippen molar-refractivity contribution in [2.45, 2.75) is 13.5 Å². The molecule has 0 atom stereocenters. The number of nitrogens with zero attached hydrogens (tertiary/aromatic N) is 3. The van der Waals surface area contributed by atoms with Crippen molar-refractivity contribution in [2.24, 2.45) is 5.10 Å². The third-order valence-corrected chi connectivity index (χ3v) is 6.50. The molecule has 3 aromatic carbocycles. The highest BCUT2D eigenvalue weighted by Gasteiger charge is 2.18. The van der Waals surface area contributed by atoms with E-state index in [1.54, 1.807) is 48.5 Å². The summed E-state index contributed by atoms with van der Waals surface area (Å²) in [6.07, 6.45) is 1.33. The van der Waals surface area contributed by atoms with Crippen molar-refractivity contribution < 1.29 is 9.47 Å². The van der Waals surface area contributed by atoms with Gasteiger partial charge in [0.15, 0.2) is 11.5 Å². The Bertz CT molecular complexity index is 1600. The third-order valence-electron chi connectivity index (χ3n) is 5.06. The summed E-state index contributed by atoms with van der Waals surface area (Å²) in [5, 5.41) is 13.9. The molecule has 8 nitrogen and oxygen atoms in total. The topological polar surface area (TPSA) is 109 Å². The molecule has 0 radical (unpaired) electrons. The van der Waals surface area contributed by atoms with Crippen LogP contribution in [0.5, 0.6) is 11.5 Å². The molecule has 0 aliphatic carbocycles. The molecule has 35 heavy (non-hydrogen) atoms. The van der Waals surface area contributed by atoms with E-state index >= 15 is 0 Å². The SMILES string of the molecule is CCOc1cc(C=Nn2c(=O)[nH]c3ccccc3c2=O)c(Br)c(Cl)c1OCc1ccccc1C#N. The Kier molecular flexibility index (Phi) is 7.34. The zero-order valence-corrected chi connectivity index (χ0v) is 20.8. The molecule has 10 heteroatoms. The quantitative estimate of drug-likeness (QED) is 0.330. The van der Waals surface area contributed by atoms with Gasteiger partial charge in [-0.1, -0.05) is 41.9 Å². The van der Waals surface area contributed by atoms with Gasteiger partial charge in [0.05, 0.1) is 35.4 Å². The third kappa shape index (κ3) is 4.99. The van der Waals surface area contributed by atoms with Crippen LogP contribution in [0.1, 0.15) is 23.6 Å². The number of hydrogen-bond donors (Lipinski definition) is 1. The Hall–Kier alpha value is -3.87. The minimum Gasteiger partial charge on any atom is -0.490 e. The standard InChI is InChI=1S/C25H18BrClN4O4/c1-2-34-20-11-17(13-29-31-24(32)18-9-5-6-10-19(18)30-25(31)33)21(26)22(27)23(20)35-14-16-8-4-3-7-15(16)12-28/h3-11,13H,2,14H2,1H3,(H,30,33). The molecule has 0 unspecified atom stereocenters. The Morgan fingerprint density at radius 1 is 1.17 bits per heavy atom.